The molecule has 7 rings (SSSR count). The van der Waals surface area contributed by atoms with Gasteiger partial charge in [-0.15, -0.1) is 0 Å². The molecule has 1 N–H and O–H groups in total. The SMILES string of the molecule is O=C(NCC1CC2c3ccccc3C1c1ccccc12)c1cc(C2CC2)on1. The Balaban J connectivity index is 1.25. The molecule has 4 aliphatic carbocycles. The Bertz CT molecular complexity index is 1020. The summed E-state index contributed by atoms with van der Waals surface area (Å²) in [5.74, 6) is 2.36. The molecular formula is C24H22N2O2. The predicted octanol–water partition coefficient (Wildman–Crippen LogP) is 4.58. The van der Waals surface area contributed by atoms with E-state index in [9.17, 15) is 4.79 Å². The van der Waals surface area contributed by atoms with E-state index in [1.54, 1.807) is 0 Å². The first-order chi connectivity index (χ1) is 13.8. The van der Waals surface area contributed by atoms with Crippen LogP contribution in [0.25, 0.3) is 0 Å². The van der Waals surface area contributed by atoms with Crippen molar-refractivity contribution in [2.24, 2.45) is 5.92 Å². The third kappa shape index (κ3) is 2.44. The Morgan fingerprint density at radius 3 is 2.29 bits per heavy atom. The molecule has 2 bridgehead atoms. The van der Waals surface area contributed by atoms with Gasteiger partial charge in [0.2, 0.25) is 0 Å². The van der Waals surface area contributed by atoms with Gasteiger partial charge in [-0.3, -0.25) is 4.79 Å². The van der Waals surface area contributed by atoms with E-state index in [2.05, 4.69) is 59.0 Å². The summed E-state index contributed by atoms with van der Waals surface area (Å²) in [6.45, 7) is 0.661. The van der Waals surface area contributed by atoms with Crippen LogP contribution in [0.2, 0.25) is 0 Å². The number of amides is 1. The van der Waals surface area contributed by atoms with Crippen LogP contribution in [0, 0.1) is 5.92 Å². The normalized spacial score (nSPS) is 24.5. The minimum Gasteiger partial charge on any atom is -0.360 e. The van der Waals surface area contributed by atoms with Crippen LogP contribution in [-0.2, 0) is 0 Å². The van der Waals surface area contributed by atoms with E-state index in [0.29, 0.717) is 35.9 Å². The molecule has 2 aromatic carbocycles. The number of hydrogen-bond donors (Lipinski definition) is 1. The zero-order valence-electron chi connectivity index (χ0n) is 15.6. The molecule has 3 aromatic rings. The summed E-state index contributed by atoms with van der Waals surface area (Å²) in [5, 5.41) is 7.10. The molecule has 28 heavy (non-hydrogen) atoms. The second kappa shape index (κ2) is 6.06. The van der Waals surface area contributed by atoms with Gasteiger partial charge in [0.1, 0.15) is 5.76 Å². The molecule has 4 aliphatic rings. The zero-order chi connectivity index (χ0) is 18.7. The average Bonchev–Trinajstić information content (AvgIpc) is 3.48. The zero-order valence-corrected chi connectivity index (χ0v) is 15.6. The van der Waals surface area contributed by atoms with Crippen molar-refractivity contribution in [3.8, 4) is 0 Å². The molecular weight excluding hydrogens is 348 g/mol. The highest BCUT2D eigenvalue weighted by molar-refractivity contribution is 5.92. The minimum absolute atomic E-state index is 0.126. The summed E-state index contributed by atoms with van der Waals surface area (Å²) in [4.78, 5) is 12.6. The number of carbonyl (C=O) groups is 1. The van der Waals surface area contributed by atoms with Crippen molar-refractivity contribution in [1.29, 1.82) is 0 Å². The number of carbonyl (C=O) groups excluding carboxylic acids is 1. The average molecular weight is 370 g/mol. The molecule has 1 aromatic heterocycles. The second-order valence-electron chi connectivity index (χ2n) is 8.38. The van der Waals surface area contributed by atoms with Gasteiger partial charge < -0.3 is 9.84 Å². The van der Waals surface area contributed by atoms with Crippen LogP contribution >= 0.6 is 0 Å². The standard InChI is InChI=1S/C24H22N2O2/c27-24(21-12-22(28-26-21)14-9-10-14)25-13-15-11-20-16-5-1-3-7-18(16)23(15)19-8-4-2-6-17(19)20/h1-8,12,14-15,20,23H,9-11,13H2,(H,25,27). The van der Waals surface area contributed by atoms with E-state index < -0.39 is 0 Å². The van der Waals surface area contributed by atoms with E-state index in [-0.39, 0.29) is 5.91 Å². The van der Waals surface area contributed by atoms with Crippen molar-refractivity contribution >= 4 is 5.91 Å². The molecule has 1 fully saturated rings. The highest BCUT2D eigenvalue weighted by Crippen LogP contribution is 2.55. The smallest absolute Gasteiger partial charge is 0.273 e. The predicted molar refractivity (Wildman–Crippen MR) is 105 cm³/mol. The topological polar surface area (TPSA) is 55.1 Å². The van der Waals surface area contributed by atoms with Gasteiger partial charge in [0.25, 0.3) is 5.91 Å². The van der Waals surface area contributed by atoms with Crippen LogP contribution in [0.15, 0.2) is 59.1 Å². The maximum absolute atomic E-state index is 12.6. The Morgan fingerprint density at radius 1 is 1.00 bits per heavy atom. The molecule has 1 unspecified atom stereocenters. The quantitative estimate of drug-likeness (QED) is 0.731. The lowest BCUT2D eigenvalue weighted by Crippen LogP contribution is -2.39. The molecule has 4 heteroatoms. The van der Waals surface area contributed by atoms with Crippen LogP contribution in [0.5, 0.6) is 0 Å². The number of benzene rings is 2. The van der Waals surface area contributed by atoms with E-state index in [0.717, 1.165) is 25.0 Å². The van der Waals surface area contributed by atoms with Crippen LogP contribution in [0.4, 0.5) is 0 Å². The van der Waals surface area contributed by atoms with Crippen LogP contribution < -0.4 is 5.32 Å². The van der Waals surface area contributed by atoms with Gasteiger partial charge in [-0.25, -0.2) is 0 Å². The molecule has 1 atom stereocenters. The first-order valence-electron chi connectivity index (χ1n) is 10.2. The summed E-state index contributed by atoms with van der Waals surface area (Å²) >= 11 is 0. The van der Waals surface area contributed by atoms with Crippen LogP contribution in [0.3, 0.4) is 0 Å². The molecule has 0 radical (unpaired) electrons. The fraction of sp³-hybridized carbons (Fsp3) is 0.333. The minimum atomic E-state index is -0.126. The lowest BCUT2D eigenvalue weighted by molar-refractivity contribution is 0.0933. The Labute approximate surface area is 163 Å². The summed E-state index contributed by atoms with van der Waals surface area (Å²) < 4.78 is 5.33. The van der Waals surface area contributed by atoms with Crippen molar-refractivity contribution < 1.29 is 9.32 Å². The van der Waals surface area contributed by atoms with Gasteiger partial charge in [0.15, 0.2) is 5.69 Å². The molecule has 1 heterocycles. The number of fused-ring (bicyclic) bond motifs is 1. The molecule has 4 nitrogen and oxygen atoms in total. The molecule has 0 saturated heterocycles. The number of aromatic nitrogens is 1. The number of nitrogens with one attached hydrogen (secondary N) is 1. The lowest BCUT2D eigenvalue weighted by Gasteiger charge is -2.45. The fourth-order valence-corrected chi connectivity index (χ4v) is 5.23. The summed E-state index contributed by atoms with van der Waals surface area (Å²) in [6, 6.07) is 19.4. The third-order valence-electron chi connectivity index (χ3n) is 6.69. The number of hydrogen-bond acceptors (Lipinski definition) is 3. The van der Waals surface area contributed by atoms with Crippen LogP contribution in [0.1, 0.15) is 75.5 Å². The molecule has 0 spiro atoms. The molecule has 1 saturated carbocycles. The highest BCUT2D eigenvalue weighted by atomic mass is 16.5. The highest BCUT2D eigenvalue weighted by Gasteiger charge is 2.43. The van der Waals surface area contributed by atoms with Crippen LogP contribution in [-0.4, -0.2) is 17.6 Å². The van der Waals surface area contributed by atoms with E-state index in [1.165, 1.54) is 22.3 Å². The van der Waals surface area contributed by atoms with Gasteiger partial charge in [-0.2, -0.15) is 0 Å². The number of rotatable bonds is 4. The largest absolute Gasteiger partial charge is 0.360 e. The van der Waals surface area contributed by atoms with Gasteiger partial charge in [-0.05, 0) is 47.4 Å². The van der Waals surface area contributed by atoms with Crippen molar-refractivity contribution in [2.45, 2.75) is 37.0 Å². The Morgan fingerprint density at radius 2 is 1.64 bits per heavy atom. The first-order valence-corrected chi connectivity index (χ1v) is 10.2. The summed E-state index contributed by atoms with van der Waals surface area (Å²) in [6.07, 6.45) is 3.35. The fourth-order valence-electron chi connectivity index (χ4n) is 5.23. The van der Waals surface area contributed by atoms with Crippen molar-refractivity contribution in [2.75, 3.05) is 6.54 Å². The van der Waals surface area contributed by atoms with Gasteiger partial charge in [0, 0.05) is 30.4 Å². The van der Waals surface area contributed by atoms with E-state index >= 15 is 0 Å². The van der Waals surface area contributed by atoms with Gasteiger partial charge in [0.05, 0.1) is 0 Å². The molecule has 140 valence electrons. The molecule has 1 amide bonds. The maximum Gasteiger partial charge on any atom is 0.273 e. The Hall–Kier alpha value is -2.88. The van der Waals surface area contributed by atoms with Crippen molar-refractivity contribution in [3.05, 3.63) is 88.3 Å². The first kappa shape index (κ1) is 16.1. The van der Waals surface area contributed by atoms with Crippen molar-refractivity contribution in [1.82, 2.24) is 10.5 Å². The maximum atomic E-state index is 12.6. The van der Waals surface area contributed by atoms with Crippen molar-refractivity contribution in [3.63, 3.8) is 0 Å². The number of nitrogens with zero attached hydrogens (tertiary/aromatic N) is 1. The lowest BCUT2D eigenvalue weighted by atomic mass is 9.59. The summed E-state index contributed by atoms with van der Waals surface area (Å²) in [5.41, 5.74) is 6.17. The summed E-state index contributed by atoms with van der Waals surface area (Å²) in [7, 11) is 0. The Kier molecular flexibility index (Phi) is 3.49. The van der Waals surface area contributed by atoms with E-state index in [4.69, 9.17) is 4.52 Å². The third-order valence-corrected chi connectivity index (χ3v) is 6.69. The van der Waals surface area contributed by atoms with E-state index in [1.807, 2.05) is 6.07 Å². The van der Waals surface area contributed by atoms with Gasteiger partial charge >= 0.3 is 0 Å². The second-order valence-corrected chi connectivity index (χ2v) is 8.38. The monoisotopic (exact) mass is 370 g/mol. The van der Waals surface area contributed by atoms with Gasteiger partial charge in [-0.1, -0.05) is 53.7 Å². The molecule has 0 aliphatic heterocycles.